The van der Waals surface area contributed by atoms with Gasteiger partial charge in [0.05, 0.1) is 46.2 Å². The van der Waals surface area contributed by atoms with Gasteiger partial charge in [-0.05, 0) is 62.4 Å². The summed E-state index contributed by atoms with van der Waals surface area (Å²) in [5, 5.41) is 9.56. The summed E-state index contributed by atoms with van der Waals surface area (Å²) in [4.78, 5) is 70.8. The van der Waals surface area contributed by atoms with Gasteiger partial charge >= 0.3 is 5.63 Å². The summed E-state index contributed by atoms with van der Waals surface area (Å²) < 4.78 is 21.4. The van der Waals surface area contributed by atoms with Crippen molar-refractivity contribution in [2.75, 3.05) is 71.1 Å². The van der Waals surface area contributed by atoms with Crippen molar-refractivity contribution in [1.29, 1.82) is 0 Å². The lowest BCUT2D eigenvalue weighted by Gasteiger charge is -2.18. The monoisotopic (exact) mass is 743 g/mol. The third-order valence-corrected chi connectivity index (χ3v) is 8.05. The van der Waals surface area contributed by atoms with Crippen molar-refractivity contribution < 1.29 is 37.8 Å². The molecule has 2 rings (SSSR count). The number of nitrogens with zero attached hydrogens (tertiary/aromatic N) is 4. The molecule has 53 heavy (non-hydrogen) atoms. The number of guanidine groups is 1. The predicted molar refractivity (Wildman–Crippen MR) is 199 cm³/mol. The minimum Gasteiger partial charge on any atom is -0.423 e. The van der Waals surface area contributed by atoms with Crippen LogP contribution in [0.25, 0.3) is 21.4 Å². The quantitative estimate of drug-likeness (QED) is 0.0152. The number of Topliss-reactive ketones (excluding diaryl/α,β-unsaturated/α-hetero) is 2. The molecule has 0 aliphatic carbocycles. The number of rotatable bonds is 29. The first kappa shape index (κ1) is 44.3. The number of aliphatic imine (C=N–C) groups is 1. The maximum atomic E-state index is 13.3. The molecule has 2 atom stereocenters. The van der Waals surface area contributed by atoms with E-state index in [1.807, 2.05) is 0 Å². The molecule has 1 aromatic carbocycles. The Kier molecular flexibility index (Phi) is 21.7. The van der Waals surface area contributed by atoms with Crippen LogP contribution in [-0.4, -0.2) is 95.2 Å². The molecule has 18 nitrogen and oxygen atoms in total. The maximum Gasteiger partial charge on any atom is 0.336 e. The van der Waals surface area contributed by atoms with Crippen molar-refractivity contribution in [1.82, 2.24) is 5.32 Å². The molecule has 0 radical (unpaired) electrons. The van der Waals surface area contributed by atoms with E-state index in [4.69, 9.17) is 41.4 Å². The number of amides is 2. The fourth-order valence-corrected chi connectivity index (χ4v) is 5.31. The average Bonchev–Trinajstić information content (AvgIpc) is 3.11. The van der Waals surface area contributed by atoms with Gasteiger partial charge in [0, 0.05) is 72.3 Å². The summed E-state index contributed by atoms with van der Waals surface area (Å²) in [5.41, 5.74) is 25.7. The molecule has 0 saturated heterocycles. The number of unbranched alkanes of at least 4 members (excludes halogenated alkanes) is 1. The normalized spacial score (nSPS) is 12.0. The van der Waals surface area contributed by atoms with Crippen LogP contribution in [0.3, 0.4) is 0 Å². The Bertz CT molecular complexity index is 1610. The number of hydrogen-bond donors (Lipinski definition) is 5. The summed E-state index contributed by atoms with van der Waals surface area (Å²) in [7, 11) is 0. The molecule has 2 amide bonds. The second kappa shape index (κ2) is 26.0. The molecule has 0 aliphatic heterocycles. The van der Waals surface area contributed by atoms with E-state index in [1.165, 1.54) is 6.07 Å². The predicted octanol–water partition coefficient (Wildman–Crippen LogP) is 2.24. The highest BCUT2D eigenvalue weighted by molar-refractivity contribution is 5.98. The van der Waals surface area contributed by atoms with Gasteiger partial charge in [-0.15, -0.1) is 0 Å². The van der Waals surface area contributed by atoms with Crippen LogP contribution in [0, 0.1) is 18.8 Å². The number of fused-ring (bicyclic) bond motifs is 1. The largest absolute Gasteiger partial charge is 0.423 e. The summed E-state index contributed by atoms with van der Waals surface area (Å²) in [6, 6.07) is 6.39. The van der Waals surface area contributed by atoms with E-state index in [9.17, 15) is 24.0 Å². The van der Waals surface area contributed by atoms with Crippen molar-refractivity contribution in [2.24, 2.45) is 39.1 Å². The van der Waals surface area contributed by atoms with Gasteiger partial charge in [-0.25, -0.2) is 4.79 Å². The Morgan fingerprint density at radius 3 is 2.23 bits per heavy atom. The second-order valence-electron chi connectivity index (χ2n) is 12.3. The Morgan fingerprint density at radius 2 is 1.53 bits per heavy atom. The summed E-state index contributed by atoms with van der Waals surface area (Å²) >= 11 is 0. The van der Waals surface area contributed by atoms with E-state index in [2.05, 4.69) is 25.7 Å². The van der Waals surface area contributed by atoms with Crippen LogP contribution in [0.4, 0.5) is 5.69 Å². The number of aryl methyl sites for hydroxylation is 1. The first-order valence-corrected chi connectivity index (χ1v) is 17.7. The van der Waals surface area contributed by atoms with Crippen molar-refractivity contribution in [3.8, 4) is 0 Å². The minimum atomic E-state index is -0.730. The van der Waals surface area contributed by atoms with Crippen LogP contribution < -0.4 is 33.5 Å². The fourth-order valence-electron chi connectivity index (χ4n) is 5.31. The summed E-state index contributed by atoms with van der Waals surface area (Å²) in [6.45, 7) is 4.13. The second-order valence-corrected chi connectivity index (χ2v) is 12.3. The smallest absolute Gasteiger partial charge is 0.336 e. The molecular formula is C35H53N9O9. The molecule has 1 heterocycles. The van der Waals surface area contributed by atoms with Crippen LogP contribution in [0.2, 0.25) is 0 Å². The van der Waals surface area contributed by atoms with Gasteiger partial charge < -0.3 is 46.5 Å². The van der Waals surface area contributed by atoms with Gasteiger partial charge in [-0.3, -0.25) is 24.2 Å². The van der Waals surface area contributed by atoms with Crippen molar-refractivity contribution >= 4 is 46.0 Å². The van der Waals surface area contributed by atoms with Gasteiger partial charge in [0.1, 0.15) is 11.4 Å². The van der Waals surface area contributed by atoms with Gasteiger partial charge in [0.25, 0.3) is 0 Å². The number of carbonyl (C=O) groups excluding carboxylic acids is 4. The lowest BCUT2D eigenvalue weighted by atomic mass is 9.93. The van der Waals surface area contributed by atoms with Crippen LogP contribution in [-0.2, 0) is 33.4 Å². The van der Waals surface area contributed by atoms with E-state index in [0.29, 0.717) is 76.3 Å². The van der Waals surface area contributed by atoms with Gasteiger partial charge in [-0.1, -0.05) is 11.5 Å². The van der Waals surface area contributed by atoms with Gasteiger partial charge in [0.15, 0.2) is 11.7 Å². The van der Waals surface area contributed by atoms with E-state index in [-0.39, 0.29) is 75.5 Å². The number of nitrogens with one attached hydrogen (secondary N) is 2. The van der Waals surface area contributed by atoms with Gasteiger partial charge in [-0.2, -0.15) is 0 Å². The Balaban J connectivity index is 1.89. The van der Waals surface area contributed by atoms with E-state index in [1.54, 1.807) is 25.1 Å². The van der Waals surface area contributed by atoms with E-state index >= 15 is 0 Å². The lowest BCUT2D eigenvalue weighted by molar-refractivity contribution is -0.132. The number of azide groups is 1. The topological polar surface area (TPSA) is 289 Å². The summed E-state index contributed by atoms with van der Waals surface area (Å²) in [5.74, 6) is -2.91. The fraction of sp³-hybridized carbons (Fsp3) is 0.600. The molecule has 292 valence electrons. The number of benzene rings is 1. The number of ether oxygens (including phenoxy) is 3. The molecule has 18 heteroatoms. The standard InChI is InChI=1S/C35H53N9O9/c1-24-19-32(47)53-31-22-27(7-8-30(24)31)43-34(49)26(5-2-3-10-36)21-29(46)23-41-33(48)25(6-4-11-40-35(37)38)20-28(45)9-13-50-15-17-52-18-16-51-14-12-42-44-39/h7-8,19,22,25-26H,2-6,9-18,20-21,23,36H2,1H3,(H,41,48)(H,43,49)(H4,37,38,40). The number of anilines is 1. The SMILES string of the molecule is Cc1cc(=O)oc2cc(NC(=O)C(CCCCN)CC(=O)CNC(=O)C(CCCN=C(N)N)CC(=O)CCOCCOCCOCCN=[N+]=[N-])ccc12. The molecule has 8 N–H and O–H groups in total. The number of ketones is 2. The highest BCUT2D eigenvalue weighted by atomic mass is 16.5. The zero-order valence-electron chi connectivity index (χ0n) is 30.4. The third kappa shape index (κ3) is 19.0. The molecular weight excluding hydrogens is 690 g/mol. The van der Waals surface area contributed by atoms with Crippen LogP contribution >= 0.6 is 0 Å². The molecule has 0 spiro atoms. The lowest BCUT2D eigenvalue weighted by Crippen LogP contribution is -2.37. The van der Waals surface area contributed by atoms with Crippen LogP contribution in [0.5, 0.6) is 0 Å². The highest BCUT2D eigenvalue weighted by Crippen LogP contribution is 2.23. The minimum absolute atomic E-state index is 0.0651. The Labute approximate surface area is 308 Å². The molecule has 1 aromatic heterocycles. The van der Waals surface area contributed by atoms with Crippen molar-refractivity contribution in [3.05, 3.63) is 50.7 Å². The molecule has 0 bridgehead atoms. The molecule has 0 fully saturated rings. The summed E-state index contributed by atoms with van der Waals surface area (Å²) in [6.07, 6.45) is 2.31. The molecule has 0 aliphatic rings. The van der Waals surface area contributed by atoms with Crippen LogP contribution in [0.1, 0.15) is 56.9 Å². The first-order chi connectivity index (χ1) is 25.5. The molecule has 0 saturated carbocycles. The number of hydrogen-bond acceptors (Lipinski definition) is 12. The van der Waals surface area contributed by atoms with E-state index < -0.39 is 23.4 Å². The van der Waals surface area contributed by atoms with E-state index in [0.717, 1.165) is 10.9 Å². The number of carbonyl (C=O) groups is 4. The maximum absolute atomic E-state index is 13.3. The highest BCUT2D eigenvalue weighted by Gasteiger charge is 2.25. The zero-order valence-corrected chi connectivity index (χ0v) is 30.4. The zero-order chi connectivity index (χ0) is 38.8. The first-order valence-electron chi connectivity index (χ1n) is 17.7. The van der Waals surface area contributed by atoms with Crippen molar-refractivity contribution in [2.45, 2.75) is 58.3 Å². The molecule has 2 unspecified atom stereocenters. The van der Waals surface area contributed by atoms with Crippen LogP contribution in [0.15, 0.2) is 43.6 Å². The third-order valence-electron chi connectivity index (χ3n) is 8.05. The molecule has 2 aromatic rings. The average molecular weight is 744 g/mol. The van der Waals surface area contributed by atoms with Gasteiger partial charge in [0.2, 0.25) is 11.8 Å². The van der Waals surface area contributed by atoms with Crippen molar-refractivity contribution in [3.63, 3.8) is 0 Å². The Morgan fingerprint density at radius 1 is 0.868 bits per heavy atom. The number of nitrogens with two attached hydrogens (primary N) is 3. The Hall–Kier alpha value is -4.87.